The minimum atomic E-state index is -4.25. The number of fused-ring (bicyclic) bond motifs is 1. The number of rotatable bonds is 2. The first kappa shape index (κ1) is 20.3. The van der Waals surface area contributed by atoms with Crippen LogP contribution in [0.4, 0.5) is 13.2 Å². The summed E-state index contributed by atoms with van der Waals surface area (Å²) >= 11 is 0. The number of nitrogens with zero attached hydrogens (tertiary/aromatic N) is 1. The lowest BCUT2D eigenvalue weighted by Gasteiger charge is -2.32. The van der Waals surface area contributed by atoms with Crippen molar-refractivity contribution in [1.29, 1.82) is 0 Å². The zero-order chi connectivity index (χ0) is 19.3. The van der Waals surface area contributed by atoms with Gasteiger partial charge in [0.15, 0.2) is 0 Å². The molecule has 0 fully saturated rings. The first-order valence-corrected chi connectivity index (χ1v) is 9.03. The van der Waals surface area contributed by atoms with Crippen molar-refractivity contribution in [3.63, 3.8) is 0 Å². The molecule has 0 aliphatic carbocycles. The second-order valence-electron chi connectivity index (χ2n) is 6.39. The molecule has 1 atom stereocenters. The van der Waals surface area contributed by atoms with Crippen molar-refractivity contribution in [3.8, 4) is 5.75 Å². The van der Waals surface area contributed by atoms with Gasteiger partial charge in [-0.15, -0.1) is 0 Å². The van der Waals surface area contributed by atoms with Gasteiger partial charge in [0, 0.05) is 0 Å². The Bertz CT molecular complexity index is 710. The second kappa shape index (κ2) is 8.58. The Morgan fingerprint density at radius 1 is 1.08 bits per heavy atom. The molecule has 2 nitrogen and oxygen atoms in total. The number of aromatic hydroxyl groups is 1. The van der Waals surface area contributed by atoms with E-state index in [0.29, 0.717) is 19.4 Å². The number of alkyl halides is 3. The van der Waals surface area contributed by atoms with Crippen molar-refractivity contribution in [2.24, 2.45) is 0 Å². The Morgan fingerprint density at radius 3 is 2.35 bits per heavy atom. The standard InChI is InChI=1S/C19H20F3NO.C2H6/c1-13-4-6-14(7-5-13)18-17-9-8-16(24)11-15(17)3-2-10-23(18)12-19(20,21)22;1-2/h4-9,11,18,24H,2-3,10,12H2,1H3;1-2H3. The molecule has 1 aliphatic rings. The maximum absolute atomic E-state index is 13.1. The first-order valence-electron chi connectivity index (χ1n) is 9.03. The second-order valence-corrected chi connectivity index (χ2v) is 6.39. The van der Waals surface area contributed by atoms with Crippen molar-refractivity contribution in [2.45, 2.75) is 45.8 Å². The molecule has 1 aliphatic heterocycles. The van der Waals surface area contributed by atoms with E-state index in [1.165, 1.54) is 4.90 Å². The number of hydrogen-bond acceptors (Lipinski definition) is 2. The number of phenolic OH excluding ortho intramolecular Hbond substituents is 1. The van der Waals surface area contributed by atoms with Crippen LogP contribution in [0.2, 0.25) is 0 Å². The van der Waals surface area contributed by atoms with Gasteiger partial charge in [0.1, 0.15) is 5.75 Å². The number of phenols is 1. The van der Waals surface area contributed by atoms with Crippen molar-refractivity contribution >= 4 is 0 Å². The zero-order valence-corrected chi connectivity index (χ0v) is 15.5. The minimum Gasteiger partial charge on any atom is -0.508 e. The topological polar surface area (TPSA) is 23.5 Å². The summed E-state index contributed by atoms with van der Waals surface area (Å²) in [6.07, 6.45) is -2.94. The van der Waals surface area contributed by atoms with Crippen LogP contribution in [-0.4, -0.2) is 29.3 Å². The van der Waals surface area contributed by atoms with Crippen molar-refractivity contribution in [2.75, 3.05) is 13.1 Å². The molecule has 0 saturated heterocycles. The molecule has 2 aromatic carbocycles. The third-order valence-electron chi connectivity index (χ3n) is 4.45. The van der Waals surface area contributed by atoms with E-state index in [0.717, 1.165) is 22.3 Å². The van der Waals surface area contributed by atoms with Crippen LogP contribution in [0.15, 0.2) is 42.5 Å². The summed E-state index contributed by atoms with van der Waals surface area (Å²) in [5.74, 6) is 0.153. The third kappa shape index (κ3) is 5.01. The van der Waals surface area contributed by atoms with Gasteiger partial charge in [0.05, 0.1) is 12.6 Å². The average molecular weight is 365 g/mol. The summed E-state index contributed by atoms with van der Waals surface area (Å²) in [5, 5.41) is 9.73. The van der Waals surface area contributed by atoms with Crippen molar-refractivity contribution in [1.82, 2.24) is 4.90 Å². The quantitative estimate of drug-likeness (QED) is 0.746. The molecule has 1 heterocycles. The molecule has 0 radical (unpaired) electrons. The van der Waals surface area contributed by atoms with E-state index >= 15 is 0 Å². The number of benzene rings is 2. The Labute approximate surface area is 153 Å². The molecule has 142 valence electrons. The average Bonchev–Trinajstić information content (AvgIpc) is 2.75. The smallest absolute Gasteiger partial charge is 0.401 e. The third-order valence-corrected chi connectivity index (χ3v) is 4.45. The van der Waals surface area contributed by atoms with Gasteiger partial charge in [0.2, 0.25) is 0 Å². The van der Waals surface area contributed by atoms with Crippen LogP contribution in [0.3, 0.4) is 0 Å². The molecule has 1 N–H and O–H groups in total. The zero-order valence-electron chi connectivity index (χ0n) is 15.5. The predicted octanol–water partition coefficient (Wildman–Crippen LogP) is 5.63. The molecule has 0 bridgehead atoms. The number of hydrogen-bond donors (Lipinski definition) is 1. The molecule has 2 aromatic rings. The maximum atomic E-state index is 13.1. The van der Waals surface area contributed by atoms with Crippen LogP contribution in [0.25, 0.3) is 0 Å². The van der Waals surface area contributed by atoms with Crippen LogP contribution >= 0.6 is 0 Å². The van der Waals surface area contributed by atoms with Crippen LogP contribution < -0.4 is 0 Å². The SMILES string of the molecule is CC.Cc1ccc(C2c3ccc(O)cc3CCCN2CC(F)(F)F)cc1. The van der Waals surface area contributed by atoms with Gasteiger partial charge in [-0.3, -0.25) is 4.90 Å². The Kier molecular flexibility index (Phi) is 6.70. The minimum absolute atomic E-state index is 0.153. The Balaban J connectivity index is 0.00000117. The van der Waals surface area contributed by atoms with Gasteiger partial charge in [-0.2, -0.15) is 13.2 Å². The van der Waals surface area contributed by atoms with E-state index in [1.54, 1.807) is 18.2 Å². The summed E-state index contributed by atoms with van der Waals surface area (Å²) in [5.41, 5.74) is 3.68. The molecular weight excluding hydrogens is 339 g/mol. The molecule has 5 heteroatoms. The fourth-order valence-corrected chi connectivity index (χ4v) is 3.41. The van der Waals surface area contributed by atoms with Gasteiger partial charge < -0.3 is 5.11 Å². The van der Waals surface area contributed by atoms with Crippen molar-refractivity contribution < 1.29 is 18.3 Å². The van der Waals surface area contributed by atoms with Crippen molar-refractivity contribution in [3.05, 3.63) is 64.7 Å². The molecule has 0 amide bonds. The molecule has 0 aromatic heterocycles. The largest absolute Gasteiger partial charge is 0.508 e. The highest BCUT2D eigenvalue weighted by Crippen LogP contribution is 2.37. The highest BCUT2D eigenvalue weighted by Gasteiger charge is 2.36. The van der Waals surface area contributed by atoms with E-state index in [1.807, 2.05) is 45.0 Å². The lowest BCUT2D eigenvalue weighted by Crippen LogP contribution is -2.37. The molecule has 26 heavy (non-hydrogen) atoms. The van der Waals surface area contributed by atoms with E-state index in [2.05, 4.69) is 0 Å². The Morgan fingerprint density at radius 2 is 1.73 bits per heavy atom. The van der Waals surface area contributed by atoms with Gasteiger partial charge in [-0.05, 0) is 55.1 Å². The van der Waals surface area contributed by atoms with Crippen LogP contribution in [0, 0.1) is 6.92 Å². The summed E-state index contributed by atoms with van der Waals surface area (Å²) in [6, 6.07) is 12.2. The molecule has 1 unspecified atom stereocenters. The molecule has 0 spiro atoms. The Hall–Kier alpha value is -2.01. The lowest BCUT2D eigenvalue weighted by molar-refractivity contribution is -0.149. The summed E-state index contributed by atoms with van der Waals surface area (Å²) in [4.78, 5) is 1.49. The van der Waals surface area contributed by atoms with E-state index in [-0.39, 0.29) is 5.75 Å². The number of aryl methyl sites for hydroxylation is 2. The maximum Gasteiger partial charge on any atom is 0.401 e. The molecular formula is C21H26F3NO. The van der Waals surface area contributed by atoms with Gasteiger partial charge >= 0.3 is 6.18 Å². The summed E-state index contributed by atoms with van der Waals surface area (Å²) in [7, 11) is 0. The monoisotopic (exact) mass is 365 g/mol. The number of halogens is 3. The fraction of sp³-hybridized carbons (Fsp3) is 0.429. The highest BCUT2D eigenvalue weighted by molar-refractivity contribution is 5.42. The first-order chi connectivity index (χ1) is 12.3. The van der Waals surface area contributed by atoms with Gasteiger partial charge in [-0.1, -0.05) is 49.7 Å². The lowest BCUT2D eigenvalue weighted by atomic mass is 9.92. The van der Waals surface area contributed by atoms with Crippen LogP contribution in [0.1, 0.15) is 48.6 Å². The van der Waals surface area contributed by atoms with Crippen LogP contribution in [0.5, 0.6) is 5.75 Å². The normalized spacial score (nSPS) is 17.7. The van der Waals surface area contributed by atoms with E-state index < -0.39 is 18.8 Å². The van der Waals surface area contributed by atoms with Gasteiger partial charge in [0.25, 0.3) is 0 Å². The summed E-state index contributed by atoms with van der Waals surface area (Å²) in [6.45, 7) is 5.38. The summed E-state index contributed by atoms with van der Waals surface area (Å²) < 4.78 is 39.3. The predicted molar refractivity (Wildman–Crippen MR) is 98.4 cm³/mol. The van der Waals surface area contributed by atoms with E-state index in [4.69, 9.17) is 0 Å². The van der Waals surface area contributed by atoms with Crippen LogP contribution in [-0.2, 0) is 6.42 Å². The van der Waals surface area contributed by atoms with Gasteiger partial charge in [-0.25, -0.2) is 0 Å². The molecule has 0 saturated carbocycles. The van der Waals surface area contributed by atoms with E-state index in [9.17, 15) is 18.3 Å². The molecule has 3 rings (SSSR count). The fourth-order valence-electron chi connectivity index (χ4n) is 3.41. The highest BCUT2D eigenvalue weighted by atomic mass is 19.4.